The summed E-state index contributed by atoms with van der Waals surface area (Å²) in [5, 5.41) is 3.15. The van der Waals surface area contributed by atoms with Gasteiger partial charge in [0.1, 0.15) is 0 Å². The summed E-state index contributed by atoms with van der Waals surface area (Å²) in [4.78, 5) is 14.4. The third kappa shape index (κ3) is 4.58. The molecule has 2 aliphatic rings. The van der Waals surface area contributed by atoms with Crippen molar-refractivity contribution >= 4 is 6.03 Å². The number of likely N-dealkylation sites (tertiary alicyclic amines) is 1. The summed E-state index contributed by atoms with van der Waals surface area (Å²) in [5.74, 6) is 0. The van der Waals surface area contributed by atoms with Crippen LogP contribution in [-0.4, -0.2) is 57.0 Å². The molecule has 2 fully saturated rings. The Morgan fingerprint density at radius 1 is 1.38 bits per heavy atom. The minimum atomic E-state index is 0.0801. The van der Waals surface area contributed by atoms with E-state index in [0.29, 0.717) is 12.0 Å². The number of urea groups is 1. The molecule has 2 saturated heterocycles. The van der Waals surface area contributed by atoms with E-state index in [1.54, 1.807) is 7.11 Å². The summed E-state index contributed by atoms with van der Waals surface area (Å²) in [7, 11) is 1.69. The normalized spacial score (nSPS) is 22.5. The third-order valence-corrected chi connectivity index (χ3v) is 4.88. The van der Waals surface area contributed by atoms with Crippen molar-refractivity contribution in [2.45, 2.75) is 51.5 Å². The van der Waals surface area contributed by atoms with Gasteiger partial charge in [-0.1, -0.05) is 19.8 Å². The number of ether oxygens (including phenoxy) is 2. The fourth-order valence-corrected chi connectivity index (χ4v) is 3.44. The summed E-state index contributed by atoms with van der Waals surface area (Å²) < 4.78 is 10.7. The van der Waals surface area contributed by atoms with Crippen LogP contribution in [0.5, 0.6) is 0 Å². The molecule has 122 valence electrons. The zero-order valence-corrected chi connectivity index (χ0v) is 13.5. The summed E-state index contributed by atoms with van der Waals surface area (Å²) in [6, 6.07) is 0.213. The Labute approximate surface area is 128 Å². The molecule has 0 aromatic heterocycles. The van der Waals surface area contributed by atoms with Gasteiger partial charge < -0.3 is 19.7 Å². The molecule has 21 heavy (non-hydrogen) atoms. The highest BCUT2D eigenvalue weighted by Crippen LogP contribution is 2.39. The molecular formula is C16H30N2O3. The van der Waals surface area contributed by atoms with Crippen LogP contribution in [0, 0.1) is 5.41 Å². The number of rotatable bonds is 6. The van der Waals surface area contributed by atoms with Gasteiger partial charge in [0, 0.05) is 33.4 Å². The second-order valence-electron chi connectivity index (χ2n) is 6.53. The van der Waals surface area contributed by atoms with Crippen molar-refractivity contribution in [3.8, 4) is 0 Å². The molecular weight excluding hydrogens is 268 g/mol. The maximum atomic E-state index is 12.4. The molecule has 0 radical (unpaired) electrons. The lowest BCUT2D eigenvalue weighted by Crippen LogP contribution is -2.46. The molecule has 0 unspecified atom stereocenters. The number of amides is 2. The first kappa shape index (κ1) is 16.6. The van der Waals surface area contributed by atoms with Crippen molar-refractivity contribution in [2.75, 3.05) is 40.0 Å². The second kappa shape index (κ2) is 7.99. The van der Waals surface area contributed by atoms with E-state index in [9.17, 15) is 4.79 Å². The van der Waals surface area contributed by atoms with E-state index in [1.807, 2.05) is 4.90 Å². The molecule has 5 heteroatoms. The van der Waals surface area contributed by atoms with Crippen LogP contribution < -0.4 is 5.32 Å². The van der Waals surface area contributed by atoms with Crippen LogP contribution in [0.1, 0.15) is 45.4 Å². The largest absolute Gasteiger partial charge is 0.383 e. The Kier molecular flexibility index (Phi) is 6.30. The molecule has 2 aliphatic heterocycles. The lowest BCUT2D eigenvalue weighted by Gasteiger charge is -2.33. The van der Waals surface area contributed by atoms with Crippen LogP contribution in [0.3, 0.4) is 0 Å². The molecule has 0 bridgehead atoms. The van der Waals surface area contributed by atoms with E-state index in [4.69, 9.17) is 9.47 Å². The lowest BCUT2D eigenvalue weighted by atomic mass is 9.80. The summed E-state index contributed by atoms with van der Waals surface area (Å²) in [6.45, 7) is 6.21. The van der Waals surface area contributed by atoms with Crippen molar-refractivity contribution in [1.82, 2.24) is 10.2 Å². The van der Waals surface area contributed by atoms with Crippen molar-refractivity contribution in [3.05, 3.63) is 0 Å². The first-order valence-electron chi connectivity index (χ1n) is 8.31. The predicted molar refractivity (Wildman–Crippen MR) is 82.4 cm³/mol. The summed E-state index contributed by atoms with van der Waals surface area (Å²) >= 11 is 0. The number of unbranched alkanes of at least 4 members (excludes halogenated alkanes) is 1. The number of hydrogen-bond donors (Lipinski definition) is 1. The molecule has 0 aromatic rings. The molecule has 0 aromatic carbocycles. The van der Waals surface area contributed by atoms with Crippen molar-refractivity contribution in [2.24, 2.45) is 5.41 Å². The molecule has 5 nitrogen and oxygen atoms in total. The average Bonchev–Trinajstić information content (AvgIpc) is 2.89. The summed E-state index contributed by atoms with van der Waals surface area (Å²) in [5.41, 5.74) is 0.315. The molecule has 2 heterocycles. The topological polar surface area (TPSA) is 50.8 Å². The van der Waals surface area contributed by atoms with Gasteiger partial charge in [0.25, 0.3) is 0 Å². The number of nitrogens with zero attached hydrogens (tertiary/aromatic N) is 1. The zero-order chi connectivity index (χ0) is 15.1. The van der Waals surface area contributed by atoms with Gasteiger partial charge in [-0.25, -0.2) is 4.79 Å². The molecule has 1 spiro atoms. The number of methoxy groups -OCH3 is 1. The van der Waals surface area contributed by atoms with Gasteiger partial charge in [0.2, 0.25) is 0 Å². The minimum absolute atomic E-state index is 0.0801. The standard InChI is InChI=1S/C16H30N2O3/c1-3-4-5-14(12-20-2)17-15(19)18-9-6-16(13-18)7-10-21-11-8-16/h14H,3-13H2,1-2H3,(H,17,19)/t14-/m0/s1. The SMILES string of the molecule is CCCC[C@@H](COC)NC(=O)N1CCC2(CCOCC2)C1. The summed E-state index contributed by atoms with van der Waals surface area (Å²) in [6.07, 6.45) is 6.55. The fourth-order valence-electron chi connectivity index (χ4n) is 3.44. The van der Waals surface area contributed by atoms with Crippen LogP contribution in [0.15, 0.2) is 0 Å². The van der Waals surface area contributed by atoms with E-state index < -0.39 is 0 Å². The highest BCUT2D eigenvalue weighted by Gasteiger charge is 2.41. The van der Waals surface area contributed by atoms with Gasteiger partial charge in [-0.05, 0) is 31.1 Å². The van der Waals surface area contributed by atoms with Crippen LogP contribution in [0.25, 0.3) is 0 Å². The van der Waals surface area contributed by atoms with Gasteiger partial charge in [-0.2, -0.15) is 0 Å². The van der Waals surface area contributed by atoms with Gasteiger partial charge in [-0.3, -0.25) is 0 Å². The van der Waals surface area contributed by atoms with E-state index in [0.717, 1.165) is 64.8 Å². The Bertz CT molecular complexity index is 329. The number of nitrogens with one attached hydrogen (secondary N) is 1. The maximum absolute atomic E-state index is 12.4. The first-order chi connectivity index (χ1) is 10.2. The van der Waals surface area contributed by atoms with Gasteiger partial charge in [0.15, 0.2) is 0 Å². The van der Waals surface area contributed by atoms with Crippen LogP contribution in [0.2, 0.25) is 0 Å². The van der Waals surface area contributed by atoms with Crippen LogP contribution >= 0.6 is 0 Å². The van der Waals surface area contributed by atoms with Gasteiger partial charge >= 0.3 is 6.03 Å². The maximum Gasteiger partial charge on any atom is 0.317 e. The molecule has 2 amide bonds. The molecule has 1 N–H and O–H groups in total. The Balaban J connectivity index is 1.82. The monoisotopic (exact) mass is 298 g/mol. The fraction of sp³-hybridized carbons (Fsp3) is 0.938. The smallest absolute Gasteiger partial charge is 0.317 e. The van der Waals surface area contributed by atoms with E-state index >= 15 is 0 Å². The van der Waals surface area contributed by atoms with E-state index in [1.165, 1.54) is 0 Å². The number of carbonyl (C=O) groups excluding carboxylic acids is 1. The van der Waals surface area contributed by atoms with Crippen LogP contribution in [0.4, 0.5) is 4.79 Å². The van der Waals surface area contributed by atoms with Crippen molar-refractivity contribution < 1.29 is 14.3 Å². The quantitative estimate of drug-likeness (QED) is 0.819. The van der Waals surface area contributed by atoms with Gasteiger partial charge in [0.05, 0.1) is 12.6 Å². The Morgan fingerprint density at radius 3 is 2.81 bits per heavy atom. The minimum Gasteiger partial charge on any atom is -0.383 e. The predicted octanol–water partition coefficient (Wildman–Crippen LogP) is 2.40. The molecule has 2 rings (SSSR count). The first-order valence-corrected chi connectivity index (χ1v) is 8.31. The van der Waals surface area contributed by atoms with Crippen molar-refractivity contribution in [3.63, 3.8) is 0 Å². The van der Waals surface area contributed by atoms with Crippen molar-refractivity contribution in [1.29, 1.82) is 0 Å². The highest BCUT2D eigenvalue weighted by atomic mass is 16.5. The Hall–Kier alpha value is -0.810. The van der Waals surface area contributed by atoms with E-state index in [-0.39, 0.29) is 12.1 Å². The number of carbonyl (C=O) groups is 1. The molecule has 1 atom stereocenters. The third-order valence-electron chi connectivity index (χ3n) is 4.88. The lowest BCUT2D eigenvalue weighted by molar-refractivity contribution is 0.0207. The van der Waals surface area contributed by atoms with Gasteiger partial charge in [-0.15, -0.1) is 0 Å². The van der Waals surface area contributed by atoms with E-state index in [2.05, 4.69) is 12.2 Å². The average molecular weight is 298 g/mol. The highest BCUT2D eigenvalue weighted by molar-refractivity contribution is 5.75. The zero-order valence-electron chi connectivity index (χ0n) is 13.5. The number of hydrogen-bond acceptors (Lipinski definition) is 3. The molecule has 0 saturated carbocycles. The second-order valence-corrected chi connectivity index (χ2v) is 6.53. The molecule has 0 aliphatic carbocycles. The Morgan fingerprint density at radius 2 is 2.14 bits per heavy atom. The van der Waals surface area contributed by atoms with Crippen LogP contribution in [-0.2, 0) is 9.47 Å².